The molecule has 21 heavy (non-hydrogen) atoms. The van der Waals surface area contributed by atoms with Gasteiger partial charge in [-0.3, -0.25) is 9.36 Å². The van der Waals surface area contributed by atoms with Gasteiger partial charge >= 0.3 is 0 Å². The minimum absolute atomic E-state index is 0.0512. The van der Waals surface area contributed by atoms with Gasteiger partial charge in [0.15, 0.2) is 0 Å². The van der Waals surface area contributed by atoms with Gasteiger partial charge in [0.05, 0.1) is 0 Å². The number of nitrogens with one attached hydrogen (secondary N) is 2. The Hall–Kier alpha value is -2.21. The van der Waals surface area contributed by atoms with E-state index in [2.05, 4.69) is 20.6 Å². The molecule has 2 aromatic rings. The van der Waals surface area contributed by atoms with E-state index in [0.29, 0.717) is 23.8 Å². The predicted octanol–water partition coefficient (Wildman–Crippen LogP) is 0.997. The van der Waals surface area contributed by atoms with E-state index in [1.807, 2.05) is 0 Å². The number of pyridine rings is 1. The Morgan fingerprint density at radius 1 is 1.48 bits per heavy atom. The van der Waals surface area contributed by atoms with Crippen molar-refractivity contribution in [2.45, 2.75) is 12.8 Å². The SMILES string of the molecule is O=C(NCCC1CCNC1)c1ccnc(-n2ccnc2)c1. The highest BCUT2D eigenvalue weighted by Crippen LogP contribution is 2.11. The molecular formula is C15H19N5O. The Kier molecular flexibility index (Phi) is 4.25. The van der Waals surface area contributed by atoms with E-state index in [4.69, 9.17) is 0 Å². The number of amides is 1. The van der Waals surface area contributed by atoms with Crippen LogP contribution in [0.15, 0.2) is 37.1 Å². The van der Waals surface area contributed by atoms with Gasteiger partial charge in [0, 0.05) is 30.7 Å². The molecule has 6 heteroatoms. The van der Waals surface area contributed by atoms with Crippen molar-refractivity contribution < 1.29 is 4.79 Å². The van der Waals surface area contributed by atoms with E-state index >= 15 is 0 Å². The van der Waals surface area contributed by atoms with Gasteiger partial charge in [-0.2, -0.15) is 0 Å². The summed E-state index contributed by atoms with van der Waals surface area (Å²) >= 11 is 0. The van der Waals surface area contributed by atoms with Crippen LogP contribution in [0.5, 0.6) is 0 Å². The highest BCUT2D eigenvalue weighted by molar-refractivity contribution is 5.94. The molecule has 1 amide bonds. The smallest absolute Gasteiger partial charge is 0.251 e. The van der Waals surface area contributed by atoms with Crippen LogP contribution in [0.25, 0.3) is 5.82 Å². The lowest BCUT2D eigenvalue weighted by atomic mass is 10.1. The van der Waals surface area contributed by atoms with Crippen molar-refractivity contribution in [1.82, 2.24) is 25.2 Å². The lowest BCUT2D eigenvalue weighted by molar-refractivity contribution is 0.0951. The first kappa shape index (κ1) is 13.8. The summed E-state index contributed by atoms with van der Waals surface area (Å²) in [7, 11) is 0. The maximum atomic E-state index is 12.2. The van der Waals surface area contributed by atoms with Crippen LogP contribution in [0.4, 0.5) is 0 Å². The molecule has 0 saturated carbocycles. The Labute approximate surface area is 123 Å². The molecular weight excluding hydrogens is 266 g/mol. The summed E-state index contributed by atoms with van der Waals surface area (Å²) in [6.45, 7) is 2.88. The van der Waals surface area contributed by atoms with E-state index in [9.17, 15) is 4.79 Å². The minimum Gasteiger partial charge on any atom is -0.352 e. The molecule has 2 N–H and O–H groups in total. The van der Waals surface area contributed by atoms with E-state index in [1.54, 1.807) is 41.6 Å². The Balaban J connectivity index is 1.58. The maximum Gasteiger partial charge on any atom is 0.251 e. The first-order chi connectivity index (χ1) is 10.3. The summed E-state index contributed by atoms with van der Waals surface area (Å²) in [5.74, 6) is 1.33. The van der Waals surface area contributed by atoms with Gasteiger partial charge in [0.25, 0.3) is 5.91 Å². The zero-order valence-corrected chi connectivity index (χ0v) is 11.8. The molecule has 1 fully saturated rings. The number of carbonyl (C=O) groups is 1. The molecule has 110 valence electrons. The zero-order chi connectivity index (χ0) is 14.5. The number of rotatable bonds is 5. The molecule has 1 aliphatic rings. The third-order valence-corrected chi connectivity index (χ3v) is 3.78. The number of nitrogens with zero attached hydrogens (tertiary/aromatic N) is 3. The third-order valence-electron chi connectivity index (χ3n) is 3.78. The summed E-state index contributed by atoms with van der Waals surface area (Å²) in [4.78, 5) is 20.4. The van der Waals surface area contributed by atoms with Gasteiger partial charge in [0.2, 0.25) is 0 Å². The topological polar surface area (TPSA) is 71.8 Å². The Morgan fingerprint density at radius 2 is 2.43 bits per heavy atom. The Bertz CT molecular complexity index is 590. The molecule has 0 aliphatic carbocycles. The van der Waals surface area contributed by atoms with Crippen LogP contribution in [0.1, 0.15) is 23.2 Å². The predicted molar refractivity (Wildman–Crippen MR) is 79.3 cm³/mol. The van der Waals surface area contributed by atoms with Crippen molar-refractivity contribution in [3.05, 3.63) is 42.6 Å². The van der Waals surface area contributed by atoms with Crippen LogP contribution >= 0.6 is 0 Å². The molecule has 0 spiro atoms. The zero-order valence-electron chi connectivity index (χ0n) is 11.8. The average molecular weight is 285 g/mol. The van der Waals surface area contributed by atoms with Crippen LogP contribution in [0, 0.1) is 5.92 Å². The molecule has 0 bridgehead atoms. The van der Waals surface area contributed by atoms with Gasteiger partial charge in [-0.25, -0.2) is 9.97 Å². The molecule has 0 aromatic carbocycles. The molecule has 1 aliphatic heterocycles. The summed E-state index contributed by atoms with van der Waals surface area (Å²) in [5, 5.41) is 6.31. The van der Waals surface area contributed by atoms with E-state index in [1.165, 1.54) is 6.42 Å². The summed E-state index contributed by atoms with van der Waals surface area (Å²) in [5.41, 5.74) is 0.623. The molecule has 1 unspecified atom stereocenters. The second kappa shape index (κ2) is 6.49. The van der Waals surface area contributed by atoms with E-state index in [-0.39, 0.29) is 5.91 Å². The lowest BCUT2D eigenvalue weighted by Crippen LogP contribution is -2.26. The number of carbonyl (C=O) groups excluding carboxylic acids is 1. The standard InChI is InChI=1S/C15H19N5O/c21-15(19-5-2-12-1-4-16-10-12)13-3-6-18-14(9-13)20-8-7-17-11-20/h3,6-9,11-12,16H,1-2,4-5,10H2,(H,19,21). The molecule has 3 rings (SSSR count). The highest BCUT2D eigenvalue weighted by Gasteiger charge is 2.14. The minimum atomic E-state index is -0.0512. The largest absolute Gasteiger partial charge is 0.352 e. The summed E-state index contributed by atoms with van der Waals surface area (Å²) < 4.78 is 1.78. The maximum absolute atomic E-state index is 12.2. The fourth-order valence-corrected chi connectivity index (χ4v) is 2.55. The van der Waals surface area contributed by atoms with Crippen molar-refractivity contribution in [1.29, 1.82) is 0 Å². The van der Waals surface area contributed by atoms with E-state index in [0.717, 1.165) is 19.5 Å². The number of hydrogen-bond donors (Lipinski definition) is 2. The molecule has 1 atom stereocenters. The summed E-state index contributed by atoms with van der Waals surface area (Å²) in [6.07, 6.45) is 9.03. The van der Waals surface area contributed by atoms with Crippen molar-refractivity contribution in [2.24, 2.45) is 5.92 Å². The third kappa shape index (κ3) is 3.46. The van der Waals surface area contributed by atoms with Gasteiger partial charge < -0.3 is 10.6 Å². The highest BCUT2D eigenvalue weighted by atomic mass is 16.1. The first-order valence-corrected chi connectivity index (χ1v) is 7.26. The fraction of sp³-hybridized carbons (Fsp3) is 0.400. The van der Waals surface area contributed by atoms with E-state index < -0.39 is 0 Å². The normalized spacial score (nSPS) is 17.8. The molecule has 6 nitrogen and oxygen atoms in total. The number of imidazole rings is 1. The number of aromatic nitrogens is 3. The van der Waals surface area contributed by atoms with Crippen molar-refractivity contribution in [3.63, 3.8) is 0 Å². The van der Waals surface area contributed by atoms with Crippen molar-refractivity contribution in [2.75, 3.05) is 19.6 Å². The summed E-state index contributed by atoms with van der Waals surface area (Å²) in [6, 6.07) is 3.50. The van der Waals surface area contributed by atoms with Gasteiger partial charge in [-0.15, -0.1) is 0 Å². The monoisotopic (exact) mass is 285 g/mol. The van der Waals surface area contributed by atoms with Crippen LogP contribution in [-0.4, -0.2) is 40.1 Å². The number of hydrogen-bond acceptors (Lipinski definition) is 4. The first-order valence-electron chi connectivity index (χ1n) is 7.26. The fourth-order valence-electron chi connectivity index (χ4n) is 2.55. The van der Waals surface area contributed by atoms with Gasteiger partial charge in [-0.05, 0) is 44.0 Å². The quantitative estimate of drug-likeness (QED) is 0.859. The second-order valence-electron chi connectivity index (χ2n) is 5.28. The van der Waals surface area contributed by atoms with Crippen LogP contribution in [0.2, 0.25) is 0 Å². The Morgan fingerprint density at radius 3 is 3.19 bits per heavy atom. The van der Waals surface area contributed by atoms with Crippen molar-refractivity contribution in [3.8, 4) is 5.82 Å². The lowest BCUT2D eigenvalue weighted by Gasteiger charge is -2.10. The van der Waals surface area contributed by atoms with Crippen LogP contribution in [0.3, 0.4) is 0 Å². The second-order valence-corrected chi connectivity index (χ2v) is 5.28. The molecule has 2 aromatic heterocycles. The average Bonchev–Trinajstić information content (AvgIpc) is 3.21. The van der Waals surface area contributed by atoms with Crippen LogP contribution in [-0.2, 0) is 0 Å². The molecule has 1 saturated heterocycles. The van der Waals surface area contributed by atoms with Crippen molar-refractivity contribution >= 4 is 5.91 Å². The molecule has 3 heterocycles. The van der Waals surface area contributed by atoms with Gasteiger partial charge in [-0.1, -0.05) is 0 Å². The van der Waals surface area contributed by atoms with Crippen LogP contribution < -0.4 is 10.6 Å². The molecule has 0 radical (unpaired) electrons. The van der Waals surface area contributed by atoms with Gasteiger partial charge in [0.1, 0.15) is 12.1 Å².